The lowest BCUT2D eigenvalue weighted by molar-refractivity contribution is 0.363. The molecule has 3 nitrogen and oxygen atoms in total. The van der Waals surface area contributed by atoms with Crippen molar-refractivity contribution in [1.29, 1.82) is 0 Å². The van der Waals surface area contributed by atoms with Crippen LogP contribution >= 0.6 is 0 Å². The highest BCUT2D eigenvalue weighted by atomic mass is 16.5. The van der Waals surface area contributed by atoms with Gasteiger partial charge in [0.1, 0.15) is 18.6 Å². The molecule has 1 aromatic carbocycles. The summed E-state index contributed by atoms with van der Waals surface area (Å²) in [5.41, 5.74) is 0.872. The highest BCUT2D eigenvalue weighted by molar-refractivity contribution is 5.62. The number of aromatic nitrogens is 1. The Balaban J connectivity index is 2.24. The molecular weight excluding hydrogens is 202 g/mol. The van der Waals surface area contributed by atoms with Gasteiger partial charge in [0.2, 0.25) is 5.89 Å². The SMILES string of the molecule is C/C=C/COc1ccccc1-c1ncco1. The Labute approximate surface area is 94.4 Å². The molecule has 0 aliphatic rings. The minimum Gasteiger partial charge on any atom is -0.489 e. The fourth-order valence-corrected chi connectivity index (χ4v) is 1.36. The van der Waals surface area contributed by atoms with Gasteiger partial charge >= 0.3 is 0 Å². The minimum absolute atomic E-state index is 0.550. The summed E-state index contributed by atoms with van der Waals surface area (Å²) in [6.45, 7) is 2.51. The van der Waals surface area contributed by atoms with Crippen LogP contribution in [0.4, 0.5) is 0 Å². The van der Waals surface area contributed by atoms with Crippen LogP contribution in [0.15, 0.2) is 53.3 Å². The van der Waals surface area contributed by atoms with Crippen molar-refractivity contribution in [3.05, 3.63) is 48.9 Å². The summed E-state index contributed by atoms with van der Waals surface area (Å²) in [5, 5.41) is 0. The number of nitrogens with zero attached hydrogens (tertiary/aromatic N) is 1. The Bertz CT molecular complexity index is 461. The second-order valence-corrected chi connectivity index (χ2v) is 3.21. The topological polar surface area (TPSA) is 35.3 Å². The van der Waals surface area contributed by atoms with Gasteiger partial charge in [0, 0.05) is 0 Å². The van der Waals surface area contributed by atoms with Crippen molar-refractivity contribution in [3.8, 4) is 17.2 Å². The van der Waals surface area contributed by atoms with Gasteiger partial charge in [0.25, 0.3) is 0 Å². The number of hydrogen-bond acceptors (Lipinski definition) is 3. The van der Waals surface area contributed by atoms with Gasteiger partial charge in [-0.3, -0.25) is 0 Å². The quantitative estimate of drug-likeness (QED) is 0.734. The Hall–Kier alpha value is -2.03. The molecule has 0 atom stereocenters. The van der Waals surface area contributed by atoms with Crippen LogP contribution in [-0.2, 0) is 0 Å². The lowest BCUT2D eigenvalue weighted by atomic mass is 10.2. The van der Waals surface area contributed by atoms with Gasteiger partial charge in [0.05, 0.1) is 11.8 Å². The number of ether oxygens (including phenoxy) is 1. The number of oxazole rings is 1. The average Bonchev–Trinajstić information content (AvgIpc) is 2.83. The normalized spacial score (nSPS) is 10.8. The van der Waals surface area contributed by atoms with Crippen LogP contribution in [0.25, 0.3) is 11.5 Å². The number of hydrogen-bond donors (Lipinski definition) is 0. The van der Waals surface area contributed by atoms with Crippen molar-refractivity contribution >= 4 is 0 Å². The molecule has 0 spiro atoms. The predicted octanol–water partition coefficient (Wildman–Crippen LogP) is 3.30. The van der Waals surface area contributed by atoms with Crippen LogP contribution in [0.3, 0.4) is 0 Å². The van der Waals surface area contributed by atoms with E-state index in [1.165, 1.54) is 0 Å². The van der Waals surface area contributed by atoms with Crippen LogP contribution in [0, 0.1) is 0 Å². The Morgan fingerprint density at radius 1 is 1.38 bits per heavy atom. The van der Waals surface area contributed by atoms with Gasteiger partial charge in [-0.25, -0.2) is 4.98 Å². The van der Waals surface area contributed by atoms with E-state index >= 15 is 0 Å². The van der Waals surface area contributed by atoms with Gasteiger partial charge in [-0.1, -0.05) is 24.3 Å². The first kappa shape index (κ1) is 10.5. The van der Waals surface area contributed by atoms with E-state index in [9.17, 15) is 0 Å². The van der Waals surface area contributed by atoms with Crippen LogP contribution in [-0.4, -0.2) is 11.6 Å². The van der Waals surface area contributed by atoms with Crippen LogP contribution < -0.4 is 4.74 Å². The molecule has 0 aliphatic carbocycles. The fourth-order valence-electron chi connectivity index (χ4n) is 1.36. The number of benzene rings is 1. The molecular formula is C13H13NO2. The summed E-state index contributed by atoms with van der Waals surface area (Å²) in [6.07, 6.45) is 7.08. The molecule has 0 unspecified atom stereocenters. The largest absolute Gasteiger partial charge is 0.489 e. The van der Waals surface area contributed by atoms with Gasteiger partial charge in [-0.2, -0.15) is 0 Å². The molecule has 2 aromatic rings. The third-order valence-corrected chi connectivity index (χ3v) is 2.12. The third-order valence-electron chi connectivity index (χ3n) is 2.12. The molecule has 0 N–H and O–H groups in total. The van der Waals surface area contributed by atoms with Crippen molar-refractivity contribution in [2.24, 2.45) is 0 Å². The Kier molecular flexibility index (Phi) is 3.38. The monoisotopic (exact) mass is 215 g/mol. The number of para-hydroxylation sites is 1. The van der Waals surface area contributed by atoms with Crippen LogP contribution in [0.5, 0.6) is 5.75 Å². The molecule has 2 rings (SSSR count). The minimum atomic E-state index is 0.550. The molecule has 3 heteroatoms. The molecule has 0 bridgehead atoms. The highest BCUT2D eigenvalue weighted by Gasteiger charge is 2.08. The third kappa shape index (κ3) is 2.31. The van der Waals surface area contributed by atoms with Crippen molar-refractivity contribution in [2.45, 2.75) is 6.92 Å². The van der Waals surface area contributed by atoms with E-state index in [1.807, 2.05) is 43.3 Å². The summed E-state index contributed by atoms with van der Waals surface area (Å²) < 4.78 is 10.9. The zero-order chi connectivity index (χ0) is 11.2. The van der Waals surface area contributed by atoms with E-state index in [0.29, 0.717) is 12.5 Å². The Morgan fingerprint density at radius 3 is 3.00 bits per heavy atom. The van der Waals surface area contributed by atoms with Gasteiger partial charge in [-0.05, 0) is 19.1 Å². The Morgan fingerprint density at radius 2 is 2.25 bits per heavy atom. The van der Waals surface area contributed by atoms with E-state index in [4.69, 9.17) is 9.15 Å². The van der Waals surface area contributed by atoms with E-state index < -0.39 is 0 Å². The first-order chi connectivity index (χ1) is 7.92. The molecule has 1 heterocycles. The smallest absolute Gasteiger partial charge is 0.229 e. The van der Waals surface area contributed by atoms with Crippen molar-refractivity contribution in [2.75, 3.05) is 6.61 Å². The lowest BCUT2D eigenvalue weighted by Crippen LogP contribution is -1.95. The van der Waals surface area contributed by atoms with E-state index in [2.05, 4.69) is 4.98 Å². The molecule has 1 aromatic heterocycles. The van der Waals surface area contributed by atoms with Gasteiger partial charge in [0.15, 0.2) is 0 Å². The molecule has 0 saturated carbocycles. The molecule has 0 saturated heterocycles. The van der Waals surface area contributed by atoms with Gasteiger partial charge < -0.3 is 9.15 Å². The van der Waals surface area contributed by atoms with Gasteiger partial charge in [-0.15, -0.1) is 0 Å². The lowest BCUT2D eigenvalue weighted by Gasteiger charge is -2.06. The molecule has 0 aliphatic heterocycles. The summed E-state index contributed by atoms with van der Waals surface area (Å²) in [5.74, 6) is 1.36. The van der Waals surface area contributed by atoms with Crippen LogP contribution in [0.2, 0.25) is 0 Å². The molecule has 82 valence electrons. The van der Waals surface area contributed by atoms with E-state index in [1.54, 1.807) is 12.5 Å². The van der Waals surface area contributed by atoms with Crippen molar-refractivity contribution in [1.82, 2.24) is 4.98 Å². The fraction of sp³-hybridized carbons (Fsp3) is 0.154. The highest BCUT2D eigenvalue weighted by Crippen LogP contribution is 2.28. The first-order valence-electron chi connectivity index (χ1n) is 5.14. The summed E-state index contributed by atoms with van der Waals surface area (Å²) >= 11 is 0. The number of rotatable bonds is 4. The number of allylic oxidation sites excluding steroid dienone is 1. The zero-order valence-electron chi connectivity index (χ0n) is 9.09. The predicted molar refractivity (Wildman–Crippen MR) is 62.2 cm³/mol. The molecule has 0 amide bonds. The van der Waals surface area contributed by atoms with E-state index in [-0.39, 0.29) is 0 Å². The molecule has 0 fully saturated rings. The maximum Gasteiger partial charge on any atom is 0.229 e. The van der Waals surface area contributed by atoms with Crippen molar-refractivity contribution in [3.63, 3.8) is 0 Å². The van der Waals surface area contributed by atoms with Crippen LogP contribution in [0.1, 0.15) is 6.92 Å². The van der Waals surface area contributed by atoms with Crippen molar-refractivity contribution < 1.29 is 9.15 Å². The summed E-state index contributed by atoms with van der Waals surface area (Å²) in [7, 11) is 0. The average molecular weight is 215 g/mol. The first-order valence-corrected chi connectivity index (χ1v) is 5.14. The molecule has 16 heavy (non-hydrogen) atoms. The maximum absolute atomic E-state index is 5.61. The summed E-state index contributed by atoms with van der Waals surface area (Å²) in [6, 6.07) is 7.69. The zero-order valence-corrected chi connectivity index (χ0v) is 9.09. The standard InChI is InChI=1S/C13H13NO2/c1-2-3-9-15-12-7-5-4-6-11(12)13-14-8-10-16-13/h2-8,10H,9H2,1H3/b3-2+. The second-order valence-electron chi connectivity index (χ2n) is 3.21. The maximum atomic E-state index is 5.61. The molecule has 0 radical (unpaired) electrons. The van der Waals surface area contributed by atoms with E-state index in [0.717, 1.165) is 11.3 Å². The summed E-state index contributed by atoms with van der Waals surface area (Å²) in [4.78, 5) is 4.11. The second kappa shape index (κ2) is 5.16.